The first-order valence-corrected chi connectivity index (χ1v) is 4.67. The summed E-state index contributed by atoms with van der Waals surface area (Å²) < 4.78 is 0. The van der Waals surface area contributed by atoms with Crippen molar-refractivity contribution in [2.24, 2.45) is 0 Å². The monoisotopic (exact) mass is 156 g/mol. The number of carbonyl (C=O) groups excluding carboxylic acids is 1. The van der Waals surface area contributed by atoms with Crippen molar-refractivity contribution in [3.05, 3.63) is 11.0 Å². The van der Waals surface area contributed by atoms with Crippen LogP contribution in [0.3, 0.4) is 0 Å². The van der Waals surface area contributed by atoms with E-state index in [1.54, 1.807) is 18.7 Å². The average molecular weight is 156 g/mol. The van der Waals surface area contributed by atoms with Crippen LogP contribution in [0, 0.1) is 0 Å². The van der Waals surface area contributed by atoms with Crippen molar-refractivity contribution < 1.29 is 4.79 Å². The van der Waals surface area contributed by atoms with E-state index in [1.165, 1.54) is 18.6 Å². The molecule has 0 aromatic rings. The van der Waals surface area contributed by atoms with E-state index in [-0.39, 0.29) is 5.78 Å². The maximum atomic E-state index is 10.9. The van der Waals surface area contributed by atoms with Crippen LogP contribution in [0.2, 0.25) is 0 Å². The molecule has 2 heteroatoms. The molecule has 1 rings (SSSR count). The first kappa shape index (κ1) is 7.86. The van der Waals surface area contributed by atoms with Crippen LogP contribution in [-0.4, -0.2) is 11.5 Å². The molecule has 0 saturated heterocycles. The van der Waals surface area contributed by atoms with Crippen molar-refractivity contribution in [1.29, 1.82) is 0 Å². The van der Waals surface area contributed by atoms with Gasteiger partial charge in [-0.2, -0.15) is 0 Å². The Morgan fingerprint density at radius 2 is 2.40 bits per heavy atom. The predicted molar refractivity (Wildman–Crippen MR) is 45.1 cm³/mol. The lowest BCUT2D eigenvalue weighted by molar-refractivity contribution is -0.113. The van der Waals surface area contributed by atoms with Crippen molar-refractivity contribution >= 4 is 17.5 Å². The van der Waals surface area contributed by atoms with E-state index in [9.17, 15) is 4.79 Å². The minimum absolute atomic E-state index is 0.245. The number of ketones is 1. The van der Waals surface area contributed by atoms with Crippen LogP contribution in [0.5, 0.6) is 0 Å². The molecule has 0 radical (unpaired) electrons. The zero-order valence-electron chi connectivity index (χ0n) is 6.22. The normalized spacial score (nSPS) is 19.5. The number of allylic oxidation sites excluding steroid dienone is 1. The zero-order chi connectivity index (χ0) is 7.40. The Labute approximate surface area is 65.9 Å². The second-order valence-corrected chi connectivity index (χ2v) is 3.50. The van der Waals surface area contributed by atoms with Gasteiger partial charge in [-0.3, -0.25) is 4.79 Å². The molecule has 0 aromatic carbocycles. The molecule has 1 aliphatic heterocycles. The molecule has 0 amide bonds. The SMILES string of the molecule is CC(=O)C1=CSCCCC1. The van der Waals surface area contributed by atoms with Crippen molar-refractivity contribution in [1.82, 2.24) is 0 Å². The van der Waals surface area contributed by atoms with Crippen LogP contribution in [0.1, 0.15) is 26.2 Å². The minimum Gasteiger partial charge on any atom is -0.295 e. The van der Waals surface area contributed by atoms with Crippen LogP contribution in [-0.2, 0) is 4.79 Å². The van der Waals surface area contributed by atoms with Crippen LogP contribution < -0.4 is 0 Å². The maximum absolute atomic E-state index is 10.9. The lowest BCUT2D eigenvalue weighted by Gasteiger charge is -1.96. The van der Waals surface area contributed by atoms with Gasteiger partial charge < -0.3 is 0 Å². The highest BCUT2D eigenvalue weighted by molar-refractivity contribution is 8.02. The van der Waals surface area contributed by atoms with Gasteiger partial charge in [0.05, 0.1) is 0 Å². The molecular weight excluding hydrogens is 144 g/mol. The number of thioether (sulfide) groups is 1. The first-order valence-electron chi connectivity index (χ1n) is 3.62. The smallest absolute Gasteiger partial charge is 0.156 e. The summed E-state index contributed by atoms with van der Waals surface area (Å²) in [7, 11) is 0. The van der Waals surface area contributed by atoms with Gasteiger partial charge in [0.25, 0.3) is 0 Å². The van der Waals surface area contributed by atoms with Gasteiger partial charge in [0.2, 0.25) is 0 Å². The maximum Gasteiger partial charge on any atom is 0.156 e. The largest absolute Gasteiger partial charge is 0.295 e. The van der Waals surface area contributed by atoms with E-state index < -0.39 is 0 Å². The van der Waals surface area contributed by atoms with E-state index in [1.807, 2.05) is 5.41 Å². The molecule has 0 aliphatic carbocycles. The molecule has 0 aromatic heterocycles. The molecule has 0 spiro atoms. The lowest BCUT2D eigenvalue weighted by Crippen LogP contribution is -1.94. The summed E-state index contributed by atoms with van der Waals surface area (Å²) in [6.45, 7) is 1.65. The Morgan fingerprint density at radius 3 is 3.10 bits per heavy atom. The molecule has 56 valence electrons. The van der Waals surface area contributed by atoms with Crippen molar-refractivity contribution in [3.8, 4) is 0 Å². The van der Waals surface area contributed by atoms with Crippen molar-refractivity contribution in [2.45, 2.75) is 26.2 Å². The molecule has 1 aliphatic rings. The fraction of sp³-hybridized carbons (Fsp3) is 0.625. The topological polar surface area (TPSA) is 17.1 Å². The molecule has 0 atom stereocenters. The zero-order valence-corrected chi connectivity index (χ0v) is 7.04. The molecule has 1 heterocycles. The predicted octanol–water partition coefficient (Wildman–Crippen LogP) is 2.38. The van der Waals surface area contributed by atoms with Crippen LogP contribution >= 0.6 is 11.8 Å². The van der Waals surface area contributed by atoms with Crippen LogP contribution in [0.15, 0.2) is 11.0 Å². The van der Waals surface area contributed by atoms with Gasteiger partial charge in [-0.25, -0.2) is 0 Å². The number of Topliss-reactive ketones (excluding diaryl/α,β-unsaturated/α-hetero) is 1. The highest BCUT2D eigenvalue weighted by atomic mass is 32.2. The van der Waals surface area contributed by atoms with Crippen LogP contribution in [0.4, 0.5) is 0 Å². The number of carbonyl (C=O) groups is 1. The summed E-state index contributed by atoms with van der Waals surface area (Å²) >= 11 is 1.77. The van der Waals surface area contributed by atoms with E-state index in [4.69, 9.17) is 0 Å². The Morgan fingerprint density at radius 1 is 1.60 bits per heavy atom. The Hall–Kier alpha value is -0.240. The molecule has 0 fully saturated rings. The third-order valence-corrected chi connectivity index (χ3v) is 2.61. The number of hydrogen-bond acceptors (Lipinski definition) is 2. The fourth-order valence-electron chi connectivity index (χ4n) is 0.978. The molecule has 10 heavy (non-hydrogen) atoms. The summed E-state index contributed by atoms with van der Waals surface area (Å²) in [6.07, 6.45) is 3.42. The van der Waals surface area contributed by atoms with Gasteiger partial charge in [0.15, 0.2) is 5.78 Å². The summed E-state index contributed by atoms with van der Waals surface area (Å²) in [4.78, 5) is 10.9. The first-order chi connectivity index (χ1) is 4.80. The third kappa shape index (κ3) is 2.18. The Bertz CT molecular complexity index is 161. The third-order valence-electron chi connectivity index (χ3n) is 1.64. The molecule has 1 nitrogen and oxygen atoms in total. The average Bonchev–Trinajstić information content (AvgIpc) is 2.12. The van der Waals surface area contributed by atoms with Gasteiger partial charge in [0.1, 0.15) is 0 Å². The Kier molecular flexibility index (Phi) is 3.00. The van der Waals surface area contributed by atoms with Gasteiger partial charge in [-0.05, 0) is 37.3 Å². The van der Waals surface area contributed by atoms with Crippen molar-refractivity contribution in [3.63, 3.8) is 0 Å². The summed E-state index contributed by atoms with van der Waals surface area (Å²) in [5.74, 6) is 1.42. The number of rotatable bonds is 1. The van der Waals surface area contributed by atoms with Crippen molar-refractivity contribution in [2.75, 3.05) is 5.75 Å². The fourth-order valence-corrected chi connectivity index (χ4v) is 1.95. The molecule has 0 unspecified atom stereocenters. The summed E-state index contributed by atoms with van der Waals surface area (Å²) in [6, 6.07) is 0. The second kappa shape index (κ2) is 3.81. The minimum atomic E-state index is 0.245. The quantitative estimate of drug-likeness (QED) is 0.579. The van der Waals surface area contributed by atoms with Crippen LogP contribution in [0.25, 0.3) is 0 Å². The molecule has 0 N–H and O–H groups in total. The van der Waals surface area contributed by atoms with E-state index in [0.717, 1.165) is 12.0 Å². The molecule has 0 bridgehead atoms. The van der Waals surface area contributed by atoms with Gasteiger partial charge >= 0.3 is 0 Å². The van der Waals surface area contributed by atoms with E-state index in [0.29, 0.717) is 0 Å². The Balaban J connectivity index is 2.54. The van der Waals surface area contributed by atoms with E-state index >= 15 is 0 Å². The van der Waals surface area contributed by atoms with Gasteiger partial charge in [-0.1, -0.05) is 0 Å². The lowest BCUT2D eigenvalue weighted by atomic mass is 10.1. The van der Waals surface area contributed by atoms with E-state index in [2.05, 4.69) is 0 Å². The summed E-state index contributed by atoms with van der Waals surface area (Å²) in [5, 5.41) is 2.02. The highest BCUT2D eigenvalue weighted by Gasteiger charge is 2.05. The second-order valence-electron chi connectivity index (χ2n) is 2.53. The molecule has 0 saturated carbocycles. The van der Waals surface area contributed by atoms with Gasteiger partial charge in [-0.15, -0.1) is 11.8 Å². The summed E-state index contributed by atoms with van der Waals surface area (Å²) in [5.41, 5.74) is 1.02. The number of hydrogen-bond donors (Lipinski definition) is 0. The standard InChI is InChI=1S/C8H12OS/c1-7(9)8-4-2-3-5-10-6-8/h6H,2-5H2,1H3. The highest BCUT2D eigenvalue weighted by Crippen LogP contribution is 2.20. The van der Waals surface area contributed by atoms with Gasteiger partial charge in [0, 0.05) is 5.57 Å². The molecular formula is C8H12OS.